The van der Waals surface area contributed by atoms with Crippen LogP contribution in [0.2, 0.25) is 5.02 Å². The molecule has 0 atom stereocenters. The van der Waals surface area contributed by atoms with Crippen LogP contribution in [0.3, 0.4) is 0 Å². The number of anilines is 3. The lowest BCUT2D eigenvalue weighted by molar-refractivity contribution is -0.112. The lowest BCUT2D eigenvalue weighted by Gasteiger charge is -2.22. The Morgan fingerprint density at radius 3 is 2.43 bits per heavy atom. The highest BCUT2D eigenvalue weighted by atomic mass is 35.5. The van der Waals surface area contributed by atoms with Crippen molar-refractivity contribution in [1.29, 1.82) is 5.26 Å². The van der Waals surface area contributed by atoms with Gasteiger partial charge in [0.05, 0.1) is 0 Å². The van der Waals surface area contributed by atoms with Gasteiger partial charge in [-0.25, -0.2) is 0 Å². The number of hydrogen-bond donors (Lipinski definition) is 2. The Hall–Kier alpha value is -2.97. The van der Waals surface area contributed by atoms with Crippen molar-refractivity contribution in [2.24, 2.45) is 0 Å². The average molecular weight is 397 g/mol. The largest absolute Gasteiger partial charge is 0.372 e. The summed E-state index contributed by atoms with van der Waals surface area (Å²) in [6.07, 6.45) is 1.42. The number of benzene rings is 2. The highest BCUT2D eigenvalue weighted by Gasteiger charge is 2.11. The van der Waals surface area contributed by atoms with E-state index >= 15 is 0 Å². The number of aryl methyl sites for hydroxylation is 2. The summed E-state index contributed by atoms with van der Waals surface area (Å²) in [5, 5.41) is 15.7. The van der Waals surface area contributed by atoms with E-state index in [4.69, 9.17) is 11.6 Å². The molecule has 0 aliphatic carbocycles. The standard InChI is InChI=1S/C22H25ClN4O/c1-5-27(6-2)19-9-10-21(16(4)11-19)25-14-17(13-24)22(28)26-18-8-7-15(3)20(23)12-18/h7-12,14,25H,5-6H2,1-4H3,(H,26,28)/b17-14-. The normalized spacial score (nSPS) is 10.9. The van der Waals surface area contributed by atoms with Crippen LogP contribution in [-0.2, 0) is 4.79 Å². The van der Waals surface area contributed by atoms with Gasteiger partial charge in [0.25, 0.3) is 5.91 Å². The lowest BCUT2D eigenvalue weighted by Crippen LogP contribution is -2.21. The van der Waals surface area contributed by atoms with E-state index in [2.05, 4.69) is 35.4 Å². The zero-order chi connectivity index (χ0) is 20.7. The molecule has 0 unspecified atom stereocenters. The molecule has 0 aliphatic rings. The molecule has 2 aromatic carbocycles. The maximum absolute atomic E-state index is 12.4. The number of hydrogen-bond acceptors (Lipinski definition) is 4. The molecule has 6 heteroatoms. The number of nitriles is 1. The number of nitrogens with zero attached hydrogens (tertiary/aromatic N) is 2. The molecule has 28 heavy (non-hydrogen) atoms. The van der Waals surface area contributed by atoms with Crippen LogP contribution in [0.4, 0.5) is 17.1 Å². The Morgan fingerprint density at radius 1 is 1.14 bits per heavy atom. The van der Waals surface area contributed by atoms with E-state index in [-0.39, 0.29) is 5.57 Å². The Kier molecular flexibility index (Phi) is 7.48. The van der Waals surface area contributed by atoms with Gasteiger partial charge in [0.2, 0.25) is 0 Å². The maximum atomic E-state index is 12.4. The van der Waals surface area contributed by atoms with Gasteiger partial charge in [0.1, 0.15) is 11.6 Å². The smallest absolute Gasteiger partial charge is 0.267 e. The van der Waals surface area contributed by atoms with E-state index < -0.39 is 5.91 Å². The summed E-state index contributed by atoms with van der Waals surface area (Å²) in [6, 6.07) is 13.2. The summed E-state index contributed by atoms with van der Waals surface area (Å²) in [7, 11) is 0. The number of amides is 1. The van der Waals surface area contributed by atoms with Crippen molar-refractivity contribution in [2.45, 2.75) is 27.7 Å². The number of halogens is 1. The van der Waals surface area contributed by atoms with E-state index in [9.17, 15) is 10.1 Å². The molecular weight excluding hydrogens is 372 g/mol. The van der Waals surface area contributed by atoms with Crippen molar-refractivity contribution in [3.05, 3.63) is 64.3 Å². The number of rotatable bonds is 7. The monoisotopic (exact) mass is 396 g/mol. The average Bonchev–Trinajstić information content (AvgIpc) is 2.67. The number of carbonyl (C=O) groups excluding carboxylic acids is 1. The first-order chi connectivity index (χ1) is 13.4. The molecule has 0 saturated carbocycles. The molecular formula is C22H25ClN4O. The van der Waals surface area contributed by atoms with E-state index in [0.29, 0.717) is 10.7 Å². The van der Waals surface area contributed by atoms with Crippen molar-refractivity contribution < 1.29 is 4.79 Å². The lowest BCUT2D eigenvalue weighted by atomic mass is 10.1. The summed E-state index contributed by atoms with van der Waals surface area (Å²) >= 11 is 6.08. The molecule has 0 saturated heterocycles. The summed E-state index contributed by atoms with van der Waals surface area (Å²) in [5.41, 5.74) is 4.46. The predicted molar refractivity (Wildman–Crippen MR) is 117 cm³/mol. The van der Waals surface area contributed by atoms with Gasteiger partial charge in [-0.15, -0.1) is 0 Å². The van der Waals surface area contributed by atoms with Gasteiger partial charge in [-0.2, -0.15) is 5.26 Å². The molecule has 2 rings (SSSR count). The third-order valence-corrected chi connectivity index (χ3v) is 4.91. The van der Waals surface area contributed by atoms with Crippen LogP contribution in [0.25, 0.3) is 0 Å². The van der Waals surface area contributed by atoms with Crippen LogP contribution in [0.5, 0.6) is 0 Å². The van der Waals surface area contributed by atoms with Crippen molar-refractivity contribution in [3.63, 3.8) is 0 Å². The fraction of sp³-hybridized carbons (Fsp3) is 0.273. The van der Waals surface area contributed by atoms with Crippen LogP contribution < -0.4 is 15.5 Å². The minimum Gasteiger partial charge on any atom is -0.372 e. The van der Waals surface area contributed by atoms with Crippen molar-refractivity contribution in [2.75, 3.05) is 28.6 Å². The second kappa shape index (κ2) is 9.82. The van der Waals surface area contributed by atoms with Gasteiger partial charge < -0.3 is 15.5 Å². The number of carbonyl (C=O) groups is 1. The first-order valence-electron chi connectivity index (χ1n) is 9.19. The second-order valence-electron chi connectivity index (χ2n) is 6.40. The van der Waals surface area contributed by atoms with Crippen LogP contribution in [0.1, 0.15) is 25.0 Å². The fourth-order valence-electron chi connectivity index (χ4n) is 2.76. The van der Waals surface area contributed by atoms with E-state index in [1.807, 2.05) is 38.1 Å². The van der Waals surface area contributed by atoms with Crippen molar-refractivity contribution in [1.82, 2.24) is 0 Å². The van der Waals surface area contributed by atoms with Gasteiger partial charge in [-0.1, -0.05) is 17.7 Å². The first-order valence-corrected chi connectivity index (χ1v) is 9.57. The van der Waals surface area contributed by atoms with E-state index in [0.717, 1.165) is 35.6 Å². The molecule has 0 bridgehead atoms. The van der Waals surface area contributed by atoms with Gasteiger partial charge >= 0.3 is 0 Å². The van der Waals surface area contributed by atoms with E-state index in [1.165, 1.54) is 6.20 Å². The zero-order valence-corrected chi connectivity index (χ0v) is 17.4. The summed E-state index contributed by atoms with van der Waals surface area (Å²) in [6.45, 7) is 9.98. The predicted octanol–water partition coefficient (Wildman–Crippen LogP) is 5.26. The second-order valence-corrected chi connectivity index (χ2v) is 6.81. The highest BCUT2D eigenvalue weighted by molar-refractivity contribution is 6.31. The molecule has 0 spiro atoms. The Morgan fingerprint density at radius 2 is 1.86 bits per heavy atom. The molecule has 2 N–H and O–H groups in total. The third kappa shape index (κ3) is 5.28. The molecule has 0 fully saturated rings. The highest BCUT2D eigenvalue weighted by Crippen LogP contribution is 2.23. The van der Waals surface area contributed by atoms with Crippen molar-refractivity contribution in [3.8, 4) is 6.07 Å². The zero-order valence-electron chi connectivity index (χ0n) is 16.6. The molecule has 146 valence electrons. The van der Waals surface area contributed by atoms with Crippen LogP contribution >= 0.6 is 11.6 Å². The van der Waals surface area contributed by atoms with Crippen LogP contribution in [0.15, 0.2) is 48.2 Å². The Bertz CT molecular complexity index is 927. The van der Waals surface area contributed by atoms with Gasteiger partial charge in [-0.3, -0.25) is 4.79 Å². The molecule has 5 nitrogen and oxygen atoms in total. The molecule has 2 aromatic rings. The van der Waals surface area contributed by atoms with Gasteiger partial charge in [0, 0.05) is 41.4 Å². The summed E-state index contributed by atoms with van der Waals surface area (Å²) in [4.78, 5) is 14.6. The Balaban J connectivity index is 2.13. The van der Waals surface area contributed by atoms with Crippen molar-refractivity contribution >= 4 is 34.6 Å². The van der Waals surface area contributed by atoms with Crippen LogP contribution in [-0.4, -0.2) is 19.0 Å². The SMILES string of the molecule is CCN(CC)c1ccc(N/C=C(/C#N)C(=O)Nc2ccc(C)c(Cl)c2)c(C)c1. The van der Waals surface area contributed by atoms with Gasteiger partial charge in [-0.05, 0) is 69.2 Å². The first kappa shape index (κ1) is 21.3. The molecule has 0 aromatic heterocycles. The van der Waals surface area contributed by atoms with E-state index in [1.54, 1.807) is 12.1 Å². The minimum absolute atomic E-state index is 0.0242. The van der Waals surface area contributed by atoms with Gasteiger partial charge in [0.15, 0.2) is 0 Å². The summed E-state index contributed by atoms with van der Waals surface area (Å²) < 4.78 is 0. The molecule has 0 heterocycles. The number of nitrogens with one attached hydrogen (secondary N) is 2. The minimum atomic E-state index is -0.493. The third-order valence-electron chi connectivity index (χ3n) is 4.51. The topological polar surface area (TPSA) is 68.2 Å². The summed E-state index contributed by atoms with van der Waals surface area (Å²) in [5.74, 6) is -0.493. The van der Waals surface area contributed by atoms with Crippen LogP contribution in [0, 0.1) is 25.2 Å². The Labute approximate surface area is 171 Å². The quantitative estimate of drug-likeness (QED) is 0.494. The maximum Gasteiger partial charge on any atom is 0.267 e. The fourth-order valence-corrected chi connectivity index (χ4v) is 2.94. The molecule has 0 radical (unpaired) electrons. The molecule has 0 aliphatic heterocycles. The molecule has 1 amide bonds.